The Morgan fingerprint density at radius 3 is 2.71 bits per heavy atom. The van der Waals surface area contributed by atoms with Crippen LogP contribution in [-0.4, -0.2) is 30.5 Å². The topological polar surface area (TPSA) is 45.1 Å². The average molecular weight is 252 g/mol. The number of aryl methyl sites for hydroxylation is 1. The molecule has 4 heteroatoms. The van der Waals surface area contributed by atoms with Gasteiger partial charge < -0.3 is 15.6 Å². The quantitative estimate of drug-likeness (QED) is 0.881. The number of nitrogens with two attached hydrogens (primary N) is 1. The van der Waals surface area contributed by atoms with Crippen molar-refractivity contribution < 1.29 is 0 Å². The molecule has 1 heterocycles. The maximum Gasteiger partial charge on any atom is 0.0488 e. The SMILES string of the molecule is Cc1[nH]c2ccc(Cl)cc2c1C(CN)N(C)C. The third-order valence-corrected chi connectivity index (χ3v) is 3.41. The van der Waals surface area contributed by atoms with Gasteiger partial charge in [-0.25, -0.2) is 0 Å². The molecule has 1 aromatic heterocycles. The van der Waals surface area contributed by atoms with Gasteiger partial charge in [-0.3, -0.25) is 0 Å². The summed E-state index contributed by atoms with van der Waals surface area (Å²) >= 11 is 6.07. The Balaban J connectivity index is 2.66. The molecule has 2 rings (SSSR count). The van der Waals surface area contributed by atoms with E-state index in [4.69, 9.17) is 17.3 Å². The number of hydrogen-bond acceptors (Lipinski definition) is 2. The Labute approximate surface area is 107 Å². The van der Waals surface area contributed by atoms with Crippen LogP contribution in [0.3, 0.4) is 0 Å². The first-order valence-corrected chi connectivity index (χ1v) is 6.06. The van der Waals surface area contributed by atoms with Crippen molar-refractivity contribution in [2.75, 3.05) is 20.6 Å². The van der Waals surface area contributed by atoms with E-state index in [0.29, 0.717) is 6.54 Å². The summed E-state index contributed by atoms with van der Waals surface area (Å²) in [7, 11) is 4.08. The number of hydrogen-bond donors (Lipinski definition) is 2. The third-order valence-electron chi connectivity index (χ3n) is 3.18. The summed E-state index contributed by atoms with van der Waals surface area (Å²) in [6, 6.07) is 6.12. The minimum atomic E-state index is 0.210. The number of aromatic amines is 1. The number of H-pyrrole nitrogens is 1. The highest BCUT2D eigenvalue weighted by Gasteiger charge is 2.19. The van der Waals surface area contributed by atoms with E-state index in [0.717, 1.165) is 16.2 Å². The maximum atomic E-state index is 6.07. The van der Waals surface area contributed by atoms with E-state index in [9.17, 15) is 0 Å². The van der Waals surface area contributed by atoms with Crippen LogP contribution in [0.5, 0.6) is 0 Å². The number of likely N-dealkylation sites (N-methyl/N-ethyl adjacent to an activating group) is 1. The van der Waals surface area contributed by atoms with Crippen molar-refractivity contribution in [2.24, 2.45) is 5.73 Å². The molecule has 1 unspecified atom stereocenters. The lowest BCUT2D eigenvalue weighted by molar-refractivity contribution is 0.307. The van der Waals surface area contributed by atoms with Gasteiger partial charge in [-0.05, 0) is 44.8 Å². The monoisotopic (exact) mass is 251 g/mol. The lowest BCUT2D eigenvalue weighted by Crippen LogP contribution is -2.27. The van der Waals surface area contributed by atoms with Gasteiger partial charge in [0.2, 0.25) is 0 Å². The summed E-state index contributed by atoms with van der Waals surface area (Å²) in [5.41, 5.74) is 9.39. The number of rotatable bonds is 3. The normalized spacial score (nSPS) is 13.5. The highest BCUT2D eigenvalue weighted by molar-refractivity contribution is 6.31. The molecule has 0 amide bonds. The minimum Gasteiger partial charge on any atom is -0.358 e. The minimum absolute atomic E-state index is 0.210. The van der Waals surface area contributed by atoms with E-state index in [1.54, 1.807) is 0 Å². The molecule has 0 saturated heterocycles. The zero-order valence-electron chi connectivity index (χ0n) is 10.4. The van der Waals surface area contributed by atoms with Crippen LogP contribution >= 0.6 is 11.6 Å². The fourth-order valence-corrected chi connectivity index (χ4v) is 2.51. The fourth-order valence-electron chi connectivity index (χ4n) is 2.34. The number of nitrogens with one attached hydrogen (secondary N) is 1. The van der Waals surface area contributed by atoms with Gasteiger partial charge >= 0.3 is 0 Å². The molecule has 0 radical (unpaired) electrons. The molecule has 0 aliphatic heterocycles. The van der Waals surface area contributed by atoms with Crippen LogP contribution in [0.25, 0.3) is 10.9 Å². The number of fused-ring (bicyclic) bond motifs is 1. The Hall–Kier alpha value is -1.03. The van der Waals surface area contributed by atoms with Gasteiger partial charge in [0.25, 0.3) is 0 Å². The molecule has 3 N–H and O–H groups in total. The molecule has 3 nitrogen and oxygen atoms in total. The van der Waals surface area contributed by atoms with Gasteiger partial charge in [0, 0.05) is 34.2 Å². The third kappa shape index (κ3) is 2.18. The zero-order chi connectivity index (χ0) is 12.6. The predicted molar refractivity (Wildman–Crippen MR) is 73.5 cm³/mol. The van der Waals surface area contributed by atoms with Gasteiger partial charge in [0.15, 0.2) is 0 Å². The Kier molecular flexibility index (Phi) is 3.43. The summed E-state index contributed by atoms with van der Waals surface area (Å²) in [4.78, 5) is 5.52. The number of nitrogens with zero attached hydrogens (tertiary/aromatic N) is 1. The Morgan fingerprint density at radius 1 is 1.41 bits per heavy atom. The molecular formula is C13H18ClN3. The van der Waals surface area contributed by atoms with Crippen LogP contribution in [0.15, 0.2) is 18.2 Å². The van der Waals surface area contributed by atoms with Crippen molar-refractivity contribution in [3.05, 3.63) is 34.5 Å². The summed E-state index contributed by atoms with van der Waals surface area (Å²) in [5.74, 6) is 0. The Bertz CT molecular complexity index is 531. The second kappa shape index (κ2) is 4.69. The van der Waals surface area contributed by atoms with Crippen molar-refractivity contribution in [1.82, 2.24) is 9.88 Å². The molecule has 0 bridgehead atoms. The lowest BCUT2D eigenvalue weighted by Gasteiger charge is -2.23. The smallest absolute Gasteiger partial charge is 0.0488 e. The predicted octanol–water partition coefficient (Wildman–Crippen LogP) is 2.69. The van der Waals surface area contributed by atoms with Gasteiger partial charge in [-0.1, -0.05) is 11.6 Å². The summed E-state index contributed by atoms with van der Waals surface area (Å²) in [6.07, 6.45) is 0. The molecule has 0 spiro atoms. The van der Waals surface area contributed by atoms with E-state index in [-0.39, 0.29) is 6.04 Å². The standard InChI is InChI=1S/C13H18ClN3/c1-8-13(12(7-15)17(2)3)10-6-9(14)4-5-11(10)16-8/h4-6,12,16H,7,15H2,1-3H3. The van der Waals surface area contributed by atoms with E-state index >= 15 is 0 Å². The molecule has 2 aromatic rings. The van der Waals surface area contributed by atoms with Crippen LogP contribution in [-0.2, 0) is 0 Å². The molecule has 1 aromatic carbocycles. The molecular weight excluding hydrogens is 234 g/mol. The van der Waals surface area contributed by atoms with E-state index in [2.05, 4.69) is 16.8 Å². The van der Waals surface area contributed by atoms with Crippen LogP contribution in [0.1, 0.15) is 17.3 Å². The van der Waals surface area contributed by atoms with Gasteiger partial charge in [-0.15, -0.1) is 0 Å². The molecule has 0 saturated carbocycles. The second-order valence-corrected chi connectivity index (χ2v) is 5.01. The molecule has 1 atom stereocenters. The summed E-state index contributed by atoms with van der Waals surface area (Å²) < 4.78 is 0. The average Bonchev–Trinajstić information content (AvgIpc) is 2.56. The van der Waals surface area contributed by atoms with E-state index in [1.165, 1.54) is 10.9 Å². The maximum absolute atomic E-state index is 6.07. The molecule has 92 valence electrons. The summed E-state index contributed by atoms with van der Waals surface area (Å²) in [6.45, 7) is 2.67. The first kappa shape index (κ1) is 12.4. The van der Waals surface area contributed by atoms with Crippen molar-refractivity contribution in [2.45, 2.75) is 13.0 Å². The lowest BCUT2D eigenvalue weighted by atomic mass is 10.0. The van der Waals surface area contributed by atoms with Crippen LogP contribution in [0.2, 0.25) is 5.02 Å². The van der Waals surface area contributed by atoms with E-state index in [1.807, 2.05) is 32.3 Å². The van der Waals surface area contributed by atoms with Crippen molar-refractivity contribution in [3.8, 4) is 0 Å². The van der Waals surface area contributed by atoms with Crippen molar-refractivity contribution >= 4 is 22.5 Å². The largest absolute Gasteiger partial charge is 0.358 e. The van der Waals surface area contributed by atoms with Crippen molar-refractivity contribution in [1.29, 1.82) is 0 Å². The molecule has 0 fully saturated rings. The van der Waals surface area contributed by atoms with Crippen LogP contribution < -0.4 is 5.73 Å². The van der Waals surface area contributed by atoms with Gasteiger partial charge in [0.05, 0.1) is 0 Å². The number of benzene rings is 1. The number of halogens is 1. The van der Waals surface area contributed by atoms with Crippen LogP contribution in [0, 0.1) is 6.92 Å². The highest BCUT2D eigenvalue weighted by atomic mass is 35.5. The van der Waals surface area contributed by atoms with Crippen molar-refractivity contribution in [3.63, 3.8) is 0 Å². The van der Waals surface area contributed by atoms with Gasteiger partial charge in [-0.2, -0.15) is 0 Å². The van der Waals surface area contributed by atoms with Crippen LogP contribution in [0.4, 0.5) is 0 Å². The summed E-state index contributed by atoms with van der Waals surface area (Å²) in [5, 5.41) is 1.92. The fraction of sp³-hybridized carbons (Fsp3) is 0.385. The molecule has 0 aliphatic carbocycles. The molecule has 17 heavy (non-hydrogen) atoms. The first-order valence-electron chi connectivity index (χ1n) is 5.68. The molecule has 0 aliphatic rings. The Morgan fingerprint density at radius 2 is 2.12 bits per heavy atom. The highest BCUT2D eigenvalue weighted by Crippen LogP contribution is 2.31. The zero-order valence-corrected chi connectivity index (χ0v) is 11.2. The first-order chi connectivity index (χ1) is 8.04. The second-order valence-electron chi connectivity index (χ2n) is 4.57. The van der Waals surface area contributed by atoms with E-state index < -0.39 is 0 Å². The number of aromatic nitrogens is 1. The van der Waals surface area contributed by atoms with Gasteiger partial charge in [0.1, 0.15) is 0 Å².